The van der Waals surface area contributed by atoms with E-state index in [1.165, 1.54) is 45.5 Å². The number of alkyl halides is 12. The third-order valence-corrected chi connectivity index (χ3v) is 9.87. The van der Waals surface area contributed by atoms with E-state index in [4.69, 9.17) is 0 Å². The van der Waals surface area contributed by atoms with Gasteiger partial charge in [-0.05, 0) is 96.6 Å². The van der Waals surface area contributed by atoms with Gasteiger partial charge in [-0.1, -0.05) is 18.2 Å². The molecule has 0 unspecified atom stereocenters. The second kappa shape index (κ2) is 12.8. The van der Waals surface area contributed by atoms with Gasteiger partial charge in [0.05, 0.1) is 67.3 Å². The van der Waals surface area contributed by atoms with Crippen LogP contribution in [0.3, 0.4) is 0 Å². The molecule has 0 amide bonds. The molecule has 290 valence electrons. The fourth-order valence-corrected chi connectivity index (χ4v) is 7.35. The summed E-state index contributed by atoms with van der Waals surface area (Å²) in [6.45, 7) is 0. The Morgan fingerprint density at radius 1 is 0.414 bits per heavy atom. The van der Waals surface area contributed by atoms with Gasteiger partial charge in [0.1, 0.15) is 11.6 Å². The normalized spacial score (nSPS) is 12.8. The molecule has 0 aliphatic rings. The predicted octanol–water partition coefficient (Wildman–Crippen LogP) is 13.4. The summed E-state index contributed by atoms with van der Waals surface area (Å²) in [7, 11) is 0. The molecule has 0 saturated heterocycles. The van der Waals surface area contributed by atoms with Crippen molar-refractivity contribution in [2.75, 3.05) is 0 Å². The second-order valence-corrected chi connectivity index (χ2v) is 13.2. The van der Waals surface area contributed by atoms with Gasteiger partial charge >= 0.3 is 24.7 Å². The molecule has 2 heterocycles. The van der Waals surface area contributed by atoms with E-state index in [9.17, 15) is 63.2 Å². The number of rotatable bonds is 3. The van der Waals surface area contributed by atoms with Crippen molar-refractivity contribution in [3.8, 4) is 34.6 Å². The average molecular weight is 807 g/mol. The van der Waals surface area contributed by atoms with Crippen molar-refractivity contribution < 1.29 is 52.7 Å². The van der Waals surface area contributed by atoms with Crippen LogP contribution in [0.1, 0.15) is 33.4 Å². The first-order valence-electron chi connectivity index (χ1n) is 16.7. The number of hydrogen-bond acceptors (Lipinski definition) is 2. The van der Waals surface area contributed by atoms with Crippen LogP contribution in [0.4, 0.5) is 52.7 Å². The van der Waals surface area contributed by atoms with Gasteiger partial charge in [-0.15, -0.1) is 0 Å². The smallest absolute Gasteiger partial charge is 0.308 e. The highest BCUT2D eigenvalue weighted by Crippen LogP contribution is 2.46. The summed E-state index contributed by atoms with van der Waals surface area (Å²) < 4.78 is 171. The Hall–Kier alpha value is -6.94. The molecule has 0 aliphatic carbocycles. The number of benzene rings is 6. The molecule has 0 aliphatic heterocycles. The third-order valence-electron chi connectivity index (χ3n) is 9.87. The summed E-state index contributed by atoms with van der Waals surface area (Å²) in [5.74, 6) is 0. The summed E-state index contributed by atoms with van der Waals surface area (Å²) in [4.78, 5) is 0. The Bertz CT molecular complexity index is 2950. The lowest BCUT2D eigenvalue weighted by atomic mass is 9.97. The van der Waals surface area contributed by atoms with Gasteiger partial charge in [-0.25, -0.2) is 0 Å². The zero-order valence-electron chi connectivity index (χ0n) is 28.7. The molecule has 2 aromatic heterocycles. The molecule has 0 N–H and O–H groups in total. The minimum atomic E-state index is -4.92. The molecule has 0 atom stereocenters. The fourth-order valence-electron chi connectivity index (χ4n) is 7.35. The Kier molecular flexibility index (Phi) is 8.37. The molecular formula is C42H18F12N4. The van der Waals surface area contributed by atoms with E-state index in [-0.39, 0.29) is 77.2 Å². The van der Waals surface area contributed by atoms with Crippen LogP contribution in [0.25, 0.3) is 66.1 Å². The Balaban J connectivity index is 1.56. The number of halogens is 12. The number of hydrogen-bond donors (Lipinski definition) is 0. The molecular weight excluding hydrogens is 788 g/mol. The van der Waals surface area contributed by atoms with Crippen LogP contribution in [0.15, 0.2) is 109 Å². The molecule has 6 aromatic carbocycles. The third kappa shape index (κ3) is 6.12. The Morgan fingerprint density at radius 2 is 0.810 bits per heavy atom. The van der Waals surface area contributed by atoms with Gasteiger partial charge in [0, 0.05) is 27.1 Å². The van der Waals surface area contributed by atoms with Crippen molar-refractivity contribution in [2.24, 2.45) is 0 Å². The van der Waals surface area contributed by atoms with Crippen molar-refractivity contribution in [3.05, 3.63) is 143 Å². The maximum absolute atomic E-state index is 14.1. The van der Waals surface area contributed by atoms with Crippen molar-refractivity contribution in [1.82, 2.24) is 9.13 Å². The van der Waals surface area contributed by atoms with Crippen molar-refractivity contribution in [1.29, 1.82) is 10.5 Å². The maximum Gasteiger partial charge on any atom is 0.416 e. The van der Waals surface area contributed by atoms with Gasteiger partial charge in [0.25, 0.3) is 0 Å². The van der Waals surface area contributed by atoms with Gasteiger partial charge in [-0.2, -0.15) is 63.2 Å². The van der Waals surface area contributed by atoms with Gasteiger partial charge in [0.2, 0.25) is 0 Å². The van der Waals surface area contributed by atoms with Crippen LogP contribution in [-0.4, -0.2) is 9.13 Å². The second-order valence-electron chi connectivity index (χ2n) is 13.2. The Labute approximate surface area is 317 Å². The van der Waals surface area contributed by atoms with Crippen molar-refractivity contribution in [2.45, 2.75) is 24.7 Å². The van der Waals surface area contributed by atoms with Gasteiger partial charge in [0.15, 0.2) is 0 Å². The highest BCUT2D eigenvalue weighted by atomic mass is 19.4. The lowest BCUT2D eigenvalue weighted by molar-refractivity contribution is -0.138. The number of aromatic nitrogens is 2. The van der Waals surface area contributed by atoms with Crippen LogP contribution in [-0.2, 0) is 24.7 Å². The number of fused-ring (bicyclic) bond motifs is 6. The van der Waals surface area contributed by atoms with Crippen LogP contribution in [0, 0.1) is 22.7 Å². The lowest BCUT2D eigenvalue weighted by Gasteiger charge is -2.20. The van der Waals surface area contributed by atoms with Gasteiger partial charge in [-0.3, -0.25) is 0 Å². The maximum atomic E-state index is 14.1. The minimum Gasteiger partial charge on any atom is -0.308 e. The van der Waals surface area contributed by atoms with E-state index in [1.807, 2.05) is 6.07 Å². The Morgan fingerprint density at radius 3 is 1.17 bits per heavy atom. The molecule has 0 bridgehead atoms. The first-order chi connectivity index (χ1) is 27.2. The van der Waals surface area contributed by atoms with Crippen molar-refractivity contribution in [3.63, 3.8) is 0 Å². The summed E-state index contributed by atoms with van der Waals surface area (Å²) in [5.41, 5.74) is -4.99. The summed E-state index contributed by atoms with van der Waals surface area (Å²) in [6, 6.07) is 22.3. The fraction of sp³-hybridized carbons (Fsp3) is 0.0952. The van der Waals surface area contributed by atoms with E-state index >= 15 is 0 Å². The molecule has 0 spiro atoms. The monoisotopic (exact) mass is 806 g/mol. The van der Waals surface area contributed by atoms with E-state index < -0.39 is 47.0 Å². The summed E-state index contributed by atoms with van der Waals surface area (Å²) >= 11 is 0. The quantitative estimate of drug-likeness (QED) is 0.167. The van der Waals surface area contributed by atoms with Crippen LogP contribution < -0.4 is 0 Å². The molecule has 4 nitrogen and oxygen atoms in total. The molecule has 8 rings (SSSR count). The van der Waals surface area contributed by atoms with E-state index in [2.05, 4.69) is 6.07 Å². The molecule has 8 aromatic rings. The van der Waals surface area contributed by atoms with Gasteiger partial charge < -0.3 is 9.13 Å². The topological polar surface area (TPSA) is 57.4 Å². The zero-order chi connectivity index (χ0) is 41.7. The molecule has 0 saturated carbocycles. The summed E-state index contributed by atoms with van der Waals surface area (Å²) in [5, 5.41) is 19.7. The van der Waals surface area contributed by atoms with Crippen LogP contribution in [0.5, 0.6) is 0 Å². The van der Waals surface area contributed by atoms with Crippen LogP contribution >= 0.6 is 0 Å². The zero-order valence-corrected chi connectivity index (χ0v) is 28.7. The predicted molar refractivity (Wildman–Crippen MR) is 190 cm³/mol. The van der Waals surface area contributed by atoms with E-state index in [1.54, 1.807) is 0 Å². The first kappa shape index (κ1) is 38.0. The van der Waals surface area contributed by atoms with E-state index in [0.717, 1.165) is 24.3 Å². The molecule has 58 heavy (non-hydrogen) atoms. The minimum absolute atomic E-state index is 0.0594. The van der Waals surface area contributed by atoms with Crippen molar-refractivity contribution >= 4 is 43.6 Å². The SMILES string of the molecule is N#Cc1cccc(-c2ccc(-n3c4ccc(C(F)(F)F)cc4c4cc(C(F)(F)F)ccc43)c(C#N)c2-n2c3ccc(C(F)(F)F)cc3c3cc(C(F)(F)F)ccc32)c1. The lowest BCUT2D eigenvalue weighted by Crippen LogP contribution is -2.08. The molecule has 16 heteroatoms. The highest BCUT2D eigenvalue weighted by Gasteiger charge is 2.36. The summed E-state index contributed by atoms with van der Waals surface area (Å²) in [6.07, 6.45) is -19.6. The first-order valence-corrected chi connectivity index (χ1v) is 16.7. The van der Waals surface area contributed by atoms with Crippen LogP contribution in [0.2, 0.25) is 0 Å². The highest BCUT2D eigenvalue weighted by molar-refractivity contribution is 6.12. The number of nitrogens with zero attached hydrogens (tertiary/aromatic N) is 4. The molecule has 0 radical (unpaired) electrons. The number of nitriles is 2. The average Bonchev–Trinajstić information content (AvgIpc) is 3.67. The largest absolute Gasteiger partial charge is 0.416 e. The molecule has 0 fully saturated rings. The standard InChI is InChI=1S/C42H18F12N4/c43-39(44,45)23-4-9-33-28(15-23)29-16-24(40(46,47)48)5-10-34(29)57(33)37-13-8-27(22-3-1-2-21(14-22)19-55)38(32(37)20-56)58-35-11-6-25(41(49,50)51)17-30(35)31-18-26(42(52,53)54)7-12-36(31)58/h1-18H. The van der Waals surface area contributed by atoms with E-state index in [0.29, 0.717) is 48.5 Å².